The van der Waals surface area contributed by atoms with Gasteiger partial charge in [-0.1, -0.05) is 6.92 Å². The summed E-state index contributed by atoms with van der Waals surface area (Å²) in [4.78, 5) is 10.5. The van der Waals surface area contributed by atoms with Crippen molar-refractivity contribution in [2.24, 2.45) is 0 Å². The van der Waals surface area contributed by atoms with E-state index in [-0.39, 0.29) is 0 Å². The number of hydrogen-bond acceptors (Lipinski definition) is 5. The van der Waals surface area contributed by atoms with Gasteiger partial charge >= 0.3 is 0 Å². The maximum Gasteiger partial charge on any atom is 0.137 e. The van der Waals surface area contributed by atoms with Crippen LogP contribution in [0.3, 0.4) is 0 Å². The summed E-state index contributed by atoms with van der Waals surface area (Å²) in [6.07, 6.45) is 2.37. The Hall–Kier alpha value is -1.62. The van der Waals surface area contributed by atoms with E-state index in [0.717, 1.165) is 24.3 Å². The highest BCUT2D eigenvalue weighted by atomic mass is 32.1. The molecule has 0 atom stereocenters. The molecule has 0 aromatic carbocycles. The third-order valence-corrected chi connectivity index (χ3v) is 3.40. The number of nitrogens with two attached hydrogens (primary N) is 1. The van der Waals surface area contributed by atoms with Crippen LogP contribution in [0.2, 0.25) is 0 Å². The molecule has 0 aliphatic heterocycles. The van der Waals surface area contributed by atoms with Crippen molar-refractivity contribution in [3.8, 4) is 0 Å². The first-order valence-corrected chi connectivity index (χ1v) is 6.48. The van der Waals surface area contributed by atoms with Crippen LogP contribution in [0.25, 0.3) is 0 Å². The second-order valence-electron chi connectivity index (χ2n) is 3.90. The Morgan fingerprint density at radius 2 is 2.24 bits per heavy atom. The molecule has 0 spiro atoms. The molecule has 2 aromatic rings. The maximum atomic E-state index is 5.87. The van der Waals surface area contributed by atoms with Gasteiger partial charge in [0.2, 0.25) is 0 Å². The topological polar surface area (TPSA) is 55.0 Å². The quantitative estimate of drug-likeness (QED) is 0.902. The number of thiophene rings is 1. The van der Waals surface area contributed by atoms with Gasteiger partial charge in [0.05, 0.1) is 0 Å². The molecule has 2 rings (SSSR count). The van der Waals surface area contributed by atoms with Gasteiger partial charge in [-0.25, -0.2) is 9.97 Å². The first kappa shape index (κ1) is 11.9. The summed E-state index contributed by atoms with van der Waals surface area (Å²) in [5, 5.41) is 4.23. The number of anilines is 2. The normalized spacial score (nSPS) is 10.5. The first-order chi connectivity index (χ1) is 8.22. The minimum absolute atomic E-state index is 0.578. The number of hydrogen-bond donors (Lipinski definition) is 1. The van der Waals surface area contributed by atoms with Gasteiger partial charge in [-0.2, -0.15) is 11.3 Å². The van der Waals surface area contributed by atoms with Crippen LogP contribution in [-0.2, 0) is 13.0 Å². The van der Waals surface area contributed by atoms with Crippen molar-refractivity contribution in [3.05, 3.63) is 34.3 Å². The molecule has 0 aliphatic rings. The van der Waals surface area contributed by atoms with E-state index in [1.54, 1.807) is 11.3 Å². The lowest BCUT2D eigenvalue weighted by Gasteiger charge is -2.20. The molecule has 0 radical (unpaired) electrons. The van der Waals surface area contributed by atoms with E-state index in [9.17, 15) is 0 Å². The van der Waals surface area contributed by atoms with Crippen LogP contribution in [0.5, 0.6) is 0 Å². The van der Waals surface area contributed by atoms with Crippen molar-refractivity contribution in [2.75, 3.05) is 17.7 Å². The van der Waals surface area contributed by atoms with Gasteiger partial charge in [0, 0.05) is 19.2 Å². The minimum atomic E-state index is 0.578. The number of nitrogen functional groups attached to an aromatic ring is 1. The third-order valence-electron chi connectivity index (χ3n) is 2.67. The van der Waals surface area contributed by atoms with E-state index in [1.165, 1.54) is 11.9 Å². The van der Waals surface area contributed by atoms with Gasteiger partial charge in [0.15, 0.2) is 0 Å². The lowest BCUT2D eigenvalue weighted by molar-refractivity contribution is 0.875. The fraction of sp³-hybridized carbons (Fsp3) is 0.333. The molecule has 0 aliphatic carbocycles. The molecular formula is C12H16N4S. The van der Waals surface area contributed by atoms with Crippen LogP contribution in [0, 0.1) is 0 Å². The Balaban J connectivity index is 2.24. The predicted molar refractivity (Wildman–Crippen MR) is 72.2 cm³/mol. The average molecular weight is 248 g/mol. The van der Waals surface area contributed by atoms with Gasteiger partial charge in [0.25, 0.3) is 0 Å². The van der Waals surface area contributed by atoms with E-state index >= 15 is 0 Å². The fourth-order valence-electron chi connectivity index (χ4n) is 1.82. The van der Waals surface area contributed by atoms with E-state index in [2.05, 4.69) is 38.6 Å². The van der Waals surface area contributed by atoms with Crippen LogP contribution >= 0.6 is 11.3 Å². The van der Waals surface area contributed by atoms with E-state index in [0.29, 0.717) is 5.82 Å². The number of rotatable bonds is 4. The molecule has 90 valence electrons. The van der Waals surface area contributed by atoms with Crippen molar-refractivity contribution in [2.45, 2.75) is 19.9 Å². The Kier molecular flexibility index (Phi) is 3.58. The molecule has 0 unspecified atom stereocenters. The second kappa shape index (κ2) is 5.14. The Morgan fingerprint density at radius 1 is 1.41 bits per heavy atom. The SMILES string of the molecule is CCc1c(N)ncnc1N(C)Cc1ccsc1. The summed E-state index contributed by atoms with van der Waals surface area (Å²) in [5.41, 5.74) is 8.17. The largest absolute Gasteiger partial charge is 0.383 e. The summed E-state index contributed by atoms with van der Waals surface area (Å²) in [5.74, 6) is 1.50. The summed E-state index contributed by atoms with van der Waals surface area (Å²) >= 11 is 1.71. The Morgan fingerprint density at radius 3 is 2.88 bits per heavy atom. The maximum absolute atomic E-state index is 5.87. The highest BCUT2D eigenvalue weighted by molar-refractivity contribution is 7.07. The zero-order valence-corrected chi connectivity index (χ0v) is 10.9. The van der Waals surface area contributed by atoms with Crippen molar-refractivity contribution in [3.63, 3.8) is 0 Å². The lowest BCUT2D eigenvalue weighted by Crippen LogP contribution is -2.20. The summed E-state index contributed by atoms with van der Waals surface area (Å²) < 4.78 is 0. The highest BCUT2D eigenvalue weighted by Crippen LogP contribution is 2.22. The summed E-state index contributed by atoms with van der Waals surface area (Å²) in [6.45, 7) is 2.91. The predicted octanol–water partition coefficient (Wildman–Crippen LogP) is 2.32. The molecule has 2 aromatic heterocycles. The van der Waals surface area contributed by atoms with Gasteiger partial charge in [-0.3, -0.25) is 0 Å². The first-order valence-electron chi connectivity index (χ1n) is 5.54. The molecule has 2 heterocycles. The van der Waals surface area contributed by atoms with Gasteiger partial charge in [-0.15, -0.1) is 0 Å². The van der Waals surface area contributed by atoms with Crippen molar-refractivity contribution in [1.29, 1.82) is 0 Å². The van der Waals surface area contributed by atoms with Crippen LogP contribution in [0.4, 0.5) is 11.6 Å². The molecule has 4 nitrogen and oxygen atoms in total. The van der Waals surface area contributed by atoms with Crippen molar-refractivity contribution in [1.82, 2.24) is 9.97 Å². The number of nitrogens with zero attached hydrogens (tertiary/aromatic N) is 3. The molecule has 17 heavy (non-hydrogen) atoms. The minimum Gasteiger partial charge on any atom is -0.383 e. The van der Waals surface area contributed by atoms with E-state index < -0.39 is 0 Å². The molecular weight excluding hydrogens is 232 g/mol. The van der Waals surface area contributed by atoms with E-state index in [4.69, 9.17) is 5.73 Å². The third kappa shape index (κ3) is 2.55. The average Bonchev–Trinajstić information content (AvgIpc) is 2.81. The van der Waals surface area contributed by atoms with Crippen LogP contribution in [-0.4, -0.2) is 17.0 Å². The molecule has 0 saturated heterocycles. The zero-order valence-electron chi connectivity index (χ0n) is 10.1. The standard InChI is InChI=1S/C12H16N4S/c1-3-10-11(13)14-8-15-12(10)16(2)6-9-4-5-17-7-9/h4-5,7-8H,3,6H2,1-2H3,(H2,13,14,15). The molecule has 0 bridgehead atoms. The van der Waals surface area contributed by atoms with Crippen LogP contribution < -0.4 is 10.6 Å². The Bertz CT molecular complexity index is 481. The van der Waals surface area contributed by atoms with Crippen molar-refractivity contribution < 1.29 is 0 Å². The van der Waals surface area contributed by atoms with Gasteiger partial charge < -0.3 is 10.6 Å². The monoisotopic (exact) mass is 248 g/mol. The summed E-state index contributed by atoms with van der Waals surface area (Å²) in [7, 11) is 2.03. The molecule has 0 amide bonds. The van der Waals surface area contributed by atoms with Crippen LogP contribution in [0.15, 0.2) is 23.2 Å². The smallest absolute Gasteiger partial charge is 0.137 e. The van der Waals surface area contributed by atoms with Crippen molar-refractivity contribution >= 4 is 23.0 Å². The summed E-state index contributed by atoms with van der Waals surface area (Å²) in [6, 6.07) is 2.12. The fourth-order valence-corrected chi connectivity index (χ4v) is 2.48. The molecule has 0 fully saturated rings. The Labute approximate surface area is 105 Å². The molecule has 2 N–H and O–H groups in total. The zero-order chi connectivity index (χ0) is 12.3. The van der Waals surface area contributed by atoms with Gasteiger partial charge in [0.1, 0.15) is 18.0 Å². The molecule has 5 heteroatoms. The highest BCUT2D eigenvalue weighted by Gasteiger charge is 2.11. The lowest BCUT2D eigenvalue weighted by atomic mass is 10.2. The van der Waals surface area contributed by atoms with E-state index in [1.807, 2.05) is 7.05 Å². The molecule has 0 saturated carbocycles. The van der Waals surface area contributed by atoms with Crippen LogP contribution in [0.1, 0.15) is 18.1 Å². The second-order valence-corrected chi connectivity index (χ2v) is 4.68. The van der Waals surface area contributed by atoms with Gasteiger partial charge in [-0.05, 0) is 28.8 Å². The number of aromatic nitrogens is 2.